The van der Waals surface area contributed by atoms with E-state index in [1.54, 1.807) is 14.2 Å². The number of fused-ring (bicyclic) bond motifs is 3. The van der Waals surface area contributed by atoms with Gasteiger partial charge in [0.1, 0.15) is 0 Å². The van der Waals surface area contributed by atoms with Gasteiger partial charge in [0.2, 0.25) is 0 Å². The third-order valence-electron chi connectivity index (χ3n) is 6.05. The van der Waals surface area contributed by atoms with Crippen LogP contribution < -0.4 is 15.8 Å². The molecule has 0 bridgehead atoms. The Balaban J connectivity index is 1.79. The molecule has 6 nitrogen and oxygen atoms in total. The van der Waals surface area contributed by atoms with Gasteiger partial charge in [0.25, 0.3) is 0 Å². The number of hydrogen-bond donors (Lipinski definition) is 1. The van der Waals surface area contributed by atoms with Gasteiger partial charge in [0.05, 0.1) is 30.9 Å². The van der Waals surface area contributed by atoms with E-state index in [0.29, 0.717) is 6.04 Å². The van der Waals surface area contributed by atoms with Gasteiger partial charge in [-0.15, -0.1) is 5.10 Å². The smallest absolute Gasteiger partial charge is 0.335 e. The molecule has 0 spiro atoms. The second-order valence-corrected chi connectivity index (χ2v) is 7.53. The molecule has 0 saturated heterocycles. The van der Waals surface area contributed by atoms with Gasteiger partial charge in [-0.2, -0.15) is 9.94 Å². The zero-order valence-electron chi connectivity index (χ0n) is 15.9. The van der Waals surface area contributed by atoms with Gasteiger partial charge in [0, 0.05) is 17.7 Å². The molecule has 5 rings (SSSR count). The van der Waals surface area contributed by atoms with Crippen LogP contribution >= 0.6 is 0 Å². The predicted molar refractivity (Wildman–Crippen MR) is 103 cm³/mol. The van der Waals surface area contributed by atoms with Crippen molar-refractivity contribution in [2.24, 2.45) is 0 Å². The van der Waals surface area contributed by atoms with Crippen LogP contribution in [0.25, 0.3) is 11.9 Å². The van der Waals surface area contributed by atoms with Gasteiger partial charge >= 0.3 is 5.88 Å². The fourth-order valence-corrected chi connectivity index (χ4v) is 4.76. The summed E-state index contributed by atoms with van der Waals surface area (Å²) in [5.74, 6) is 1.62. The number of ether oxygens (including phenoxy) is 1. The molecule has 0 amide bonds. The van der Waals surface area contributed by atoms with E-state index in [0.717, 1.165) is 40.7 Å². The van der Waals surface area contributed by atoms with Crippen LogP contribution in [0.5, 0.6) is 0 Å². The van der Waals surface area contributed by atoms with Crippen molar-refractivity contribution in [2.75, 3.05) is 19.5 Å². The molecule has 2 aliphatic carbocycles. The molecule has 1 unspecified atom stereocenters. The first kappa shape index (κ1) is 16.7. The molecule has 6 heteroatoms. The van der Waals surface area contributed by atoms with E-state index in [4.69, 9.17) is 9.57 Å². The monoisotopic (exact) mass is 365 g/mol. The molecule has 1 fully saturated rings. The van der Waals surface area contributed by atoms with Crippen molar-refractivity contribution >= 4 is 17.7 Å². The molecule has 140 valence electrons. The summed E-state index contributed by atoms with van der Waals surface area (Å²) >= 11 is 0. The van der Waals surface area contributed by atoms with Crippen LogP contribution in [0.1, 0.15) is 38.5 Å². The van der Waals surface area contributed by atoms with Crippen LogP contribution in [0.15, 0.2) is 41.5 Å². The number of methoxy groups -OCH3 is 1. The van der Waals surface area contributed by atoms with Crippen LogP contribution in [-0.2, 0) is 9.57 Å². The molecule has 1 aromatic heterocycles. The summed E-state index contributed by atoms with van der Waals surface area (Å²) in [6, 6.07) is 0.466. The molecular weight excluding hydrogens is 340 g/mol. The van der Waals surface area contributed by atoms with Gasteiger partial charge in [-0.1, -0.05) is 29.6 Å². The summed E-state index contributed by atoms with van der Waals surface area (Å²) < 4.78 is 5.90. The molecular formula is C21H25N4O2+. The summed E-state index contributed by atoms with van der Waals surface area (Å²) in [5.41, 5.74) is 3.58. The lowest BCUT2D eigenvalue weighted by molar-refractivity contribution is -0.962. The van der Waals surface area contributed by atoms with Gasteiger partial charge < -0.3 is 10.1 Å². The van der Waals surface area contributed by atoms with E-state index in [1.165, 1.54) is 36.8 Å². The molecule has 1 N–H and O–H groups in total. The Hall–Kier alpha value is -2.44. The van der Waals surface area contributed by atoms with E-state index in [-0.39, 0.29) is 4.65 Å². The minimum absolute atomic E-state index is 0.113. The average molecular weight is 365 g/mol. The van der Waals surface area contributed by atoms with Gasteiger partial charge in [-0.3, -0.25) is 0 Å². The van der Waals surface area contributed by atoms with Crippen LogP contribution in [0.2, 0.25) is 0 Å². The predicted octanol–water partition coefficient (Wildman–Crippen LogP) is 2.22. The standard InChI is InChI=1S/C21H25N4O2/c1-26-18-11-14-7-3-6-10-17(14)20-19-15(13-25(18,20)27-2)12-22-24-21(19)23-16-8-4-5-9-16/h6,10-13,16H,3-5,7-9H2,1-2H3,(H,23,24)/q+1. The van der Waals surface area contributed by atoms with Crippen molar-refractivity contribution < 1.29 is 14.2 Å². The number of anilines is 1. The van der Waals surface area contributed by atoms with Crippen LogP contribution in [-0.4, -0.2) is 35.1 Å². The normalized spacial score (nSPS) is 26.3. The molecule has 0 aromatic carbocycles. The number of quaternary nitrogens is 1. The summed E-state index contributed by atoms with van der Waals surface area (Å²) in [5, 5.41) is 14.5. The SMILES string of the molecule is COC1=CC2=C(C=CCC2)C2=c3c(NC4CCCC4)nncc3=C[N+]12OC. The topological polar surface area (TPSA) is 56.3 Å². The molecule has 1 saturated carbocycles. The lowest BCUT2D eigenvalue weighted by atomic mass is 9.91. The zero-order valence-corrected chi connectivity index (χ0v) is 15.9. The third kappa shape index (κ3) is 2.40. The lowest BCUT2D eigenvalue weighted by Gasteiger charge is -2.34. The highest BCUT2D eigenvalue weighted by atomic mass is 16.7. The number of nitrogens with one attached hydrogen (secondary N) is 1. The number of rotatable bonds is 4. The Morgan fingerprint density at radius 3 is 2.85 bits per heavy atom. The maximum Gasteiger partial charge on any atom is 0.335 e. The summed E-state index contributed by atoms with van der Waals surface area (Å²) in [4.78, 5) is 6.06. The van der Waals surface area contributed by atoms with Crippen molar-refractivity contribution in [3.8, 4) is 0 Å². The highest BCUT2D eigenvalue weighted by Gasteiger charge is 2.49. The molecule has 27 heavy (non-hydrogen) atoms. The van der Waals surface area contributed by atoms with Crippen molar-refractivity contribution in [3.05, 3.63) is 51.9 Å². The second kappa shape index (κ2) is 6.32. The Morgan fingerprint density at radius 1 is 1.22 bits per heavy atom. The first-order valence-corrected chi connectivity index (χ1v) is 9.73. The maximum atomic E-state index is 6.06. The molecule has 3 heterocycles. The molecule has 2 aliphatic heterocycles. The van der Waals surface area contributed by atoms with Crippen molar-refractivity contribution in [3.63, 3.8) is 0 Å². The maximum absolute atomic E-state index is 6.06. The highest BCUT2D eigenvalue weighted by molar-refractivity contribution is 5.74. The van der Waals surface area contributed by atoms with Crippen molar-refractivity contribution in [2.45, 2.75) is 44.6 Å². The number of aromatic nitrogens is 2. The van der Waals surface area contributed by atoms with E-state index in [2.05, 4.69) is 39.9 Å². The number of hydroxylamine groups is 3. The summed E-state index contributed by atoms with van der Waals surface area (Å²) in [7, 11) is 3.43. The fraction of sp³-hybridized carbons (Fsp3) is 0.429. The number of hydrogen-bond acceptors (Lipinski definition) is 5. The Morgan fingerprint density at radius 2 is 2.07 bits per heavy atom. The Bertz CT molecular complexity index is 1000. The minimum Gasteiger partial charge on any atom is -0.452 e. The summed E-state index contributed by atoms with van der Waals surface area (Å²) in [6.45, 7) is 0. The largest absolute Gasteiger partial charge is 0.452 e. The molecule has 4 aliphatic rings. The van der Waals surface area contributed by atoms with E-state index in [1.807, 2.05) is 6.20 Å². The third-order valence-corrected chi connectivity index (χ3v) is 6.05. The Labute approximate surface area is 158 Å². The van der Waals surface area contributed by atoms with Gasteiger partial charge in [0.15, 0.2) is 17.7 Å². The second-order valence-electron chi connectivity index (χ2n) is 7.53. The van der Waals surface area contributed by atoms with Gasteiger partial charge in [-0.25, -0.2) is 0 Å². The molecule has 0 radical (unpaired) electrons. The zero-order chi connectivity index (χ0) is 18.4. The molecule has 1 atom stereocenters. The minimum atomic E-state index is 0.113. The first-order chi connectivity index (χ1) is 13.3. The Kier molecular flexibility index (Phi) is 3.91. The number of allylic oxidation sites excluding steroid dienone is 3. The van der Waals surface area contributed by atoms with Crippen molar-refractivity contribution in [1.29, 1.82) is 0 Å². The quantitative estimate of drug-likeness (QED) is 0.829. The summed E-state index contributed by atoms with van der Waals surface area (Å²) in [6.07, 6.45) is 17.4. The lowest BCUT2D eigenvalue weighted by Crippen LogP contribution is -2.42. The average Bonchev–Trinajstić information content (AvgIpc) is 3.33. The van der Waals surface area contributed by atoms with E-state index >= 15 is 0 Å². The highest BCUT2D eigenvalue weighted by Crippen LogP contribution is 2.43. The number of nitrogens with zero attached hydrogens (tertiary/aromatic N) is 3. The fourth-order valence-electron chi connectivity index (χ4n) is 4.76. The van der Waals surface area contributed by atoms with Crippen LogP contribution in [0, 0.1) is 0 Å². The van der Waals surface area contributed by atoms with Gasteiger partial charge in [-0.05, 0) is 31.3 Å². The first-order valence-electron chi connectivity index (χ1n) is 9.73. The van der Waals surface area contributed by atoms with Crippen LogP contribution in [0.3, 0.4) is 0 Å². The van der Waals surface area contributed by atoms with Crippen molar-refractivity contribution in [1.82, 2.24) is 10.2 Å². The van der Waals surface area contributed by atoms with E-state index in [9.17, 15) is 0 Å². The molecule has 1 aromatic rings. The van der Waals surface area contributed by atoms with E-state index < -0.39 is 0 Å². The van der Waals surface area contributed by atoms with Crippen LogP contribution in [0.4, 0.5) is 5.82 Å².